The van der Waals surface area contributed by atoms with E-state index in [1.165, 1.54) is 0 Å². The summed E-state index contributed by atoms with van der Waals surface area (Å²) in [6.07, 6.45) is -0.610. The van der Waals surface area contributed by atoms with E-state index in [9.17, 15) is 4.79 Å². The predicted octanol–water partition coefficient (Wildman–Crippen LogP) is 4.64. The Labute approximate surface area is 121 Å². The summed E-state index contributed by atoms with van der Waals surface area (Å²) in [4.78, 5) is 12.2. The Morgan fingerprint density at radius 3 is 2.32 bits per heavy atom. The first-order valence-electron chi connectivity index (χ1n) is 5.79. The molecule has 0 amide bonds. The van der Waals surface area contributed by atoms with Crippen LogP contribution in [0.4, 0.5) is 0 Å². The molecule has 0 heterocycles. The minimum Gasteiger partial charge on any atom is -0.481 e. The zero-order valence-corrected chi connectivity index (χ0v) is 11.8. The summed E-state index contributed by atoms with van der Waals surface area (Å²) in [5, 5.41) is 1.08. The van der Waals surface area contributed by atoms with Crippen LogP contribution in [0.1, 0.15) is 17.3 Å². The Kier molecular flexibility index (Phi) is 4.46. The Bertz CT molecular complexity index is 579. The number of rotatable bonds is 4. The fraction of sp³-hybridized carbons (Fsp3) is 0.133. The highest BCUT2D eigenvalue weighted by atomic mass is 35.5. The maximum atomic E-state index is 12.2. The van der Waals surface area contributed by atoms with Gasteiger partial charge in [0, 0.05) is 10.6 Å². The molecule has 0 N–H and O–H groups in total. The third kappa shape index (κ3) is 3.49. The maximum absolute atomic E-state index is 12.2. The standard InChI is InChI=1S/C15H12Cl2O2/c1-10(19-14-5-3-2-4-13(14)17)15(18)11-6-8-12(16)9-7-11/h2-10H,1H3. The van der Waals surface area contributed by atoms with Gasteiger partial charge in [0.1, 0.15) is 5.75 Å². The molecule has 4 heteroatoms. The van der Waals surface area contributed by atoms with E-state index in [2.05, 4.69) is 0 Å². The second kappa shape index (κ2) is 6.09. The number of carbonyl (C=O) groups excluding carboxylic acids is 1. The van der Waals surface area contributed by atoms with Gasteiger partial charge in [-0.2, -0.15) is 0 Å². The number of carbonyl (C=O) groups is 1. The number of benzene rings is 2. The lowest BCUT2D eigenvalue weighted by molar-refractivity contribution is 0.0818. The zero-order valence-electron chi connectivity index (χ0n) is 10.3. The van der Waals surface area contributed by atoms with Gasteiger partial charge in [-0.25, -0.2) is 0 Å². The van der Waals surface area contributed by atoms with Gasteiger partial charge in [-0.1, -0.05) is 35.3 Å². The molecule has 0 radical (unpaired) electrons. The number of Topliss-reactive ketones (excluding diaryl/α,β-unsaturated/α-hetero) is 1. The molecule has 0 saturated carbocycles. The second-order valence-electron chi connectivity index (χ2n) is 4.06. The van der Waals surface area contributed by atoms with E-state index in [1.807, 2.05) is 0 Å². The van der Waals surface area contributed by atoms with Crippen molar-refractivity contribution in [3.05, 3.63) is 64.1 Å². The smallest absolute Gasteiger partial charge is 0.202 e. The highest BCUT2D eigenvalue weighted by Crippen LogP contribution is 2.25. The highest BCUT2D eigenvalue weighted by molar-refractivity contribution is 6.32. The summed E-state index contributed by atoms with van der Waals surface area (Å²) in [6, 6.07) is 13.8. The zero-order chi connectivity index (χ0) is 13.8. The van der Waals surface area contributed by atoms with Gasteiger partial charge in [-0.05, 0) is 43.3 Å². The predicted molar refractivity (Wildman–Crippen MR) is 77.3 cm³/mol. The van der Waals surface area contributed by atoms with Crippen LogP contribution in [0.2, 0.25) is 10.0 Å². The molecule has 0 aliphatic rings. The van der Waals surface area contributed by atoms with Gasteiger partial charge in [0.15, 0.2) is 6.10 Å². The first-order valence-corrected chi connectivity index (χ1v) is 6.54. The summed E-state index contributed by atoms with van der Waals surface area (Å²) in [7, 11) is 0. The van der Waals surface area contributed by atoms with Crippen LogP contribution in [0, 0.1) is 0 Å². The molecule has 2 nitrogen and oxygen atoms in total. The normalized spacial score (nSPS) is 11.9. The molecule has 0 aliphatic carbocycles. The molecule has 19 heavy (non-hydrogen) atoms. The quantitative estimate of drug-likeness (QED) is 0.768. The number of halogens is 2. The van der Waals surface area contributed by atoms with Gasteiger partial charge >= 0.3 is 0 Å². The first-order chi connectivity index (χ1) is 9.08. The minimum absolute atomic E-state index is 0.114. The molecule has 2 rings (SSSR count). The molecule has 2 aromatic rings. The van der Waals surface area contributed by atoms with E-state index in [1.54, 1.807) is 55.5 Å². The third-order valence-corrected chi connectivity index (χ3v) is 3.20. The Morgan fingerprint density at radius 2 is 1.68 bits per heavy atom. The van der Waals surface area contributed by atoms with Crippen LogP contribution >= 0.6 is 23.2 Å². The van der Waals surface area contributed by atoms with Crippen molar-refractivity contribution in [1.29, 1.82) is 0 Å². The van der Waals surface area contributed by atoms with E-state index in [4.69, 9.17) is 27.9 Å². The molecule has 0 aliphatic heterocycles. The molecule has 0 fully saturated rings. The van der Waals surface area contributed by atoms with Crippen molar-refractivity contribution in [3.8, 4) is 5.75 Å². The number of hydrogen-bond acceptors (Lipinski definition) is 2. The molecule has 1 atom stereocenters. The van der Waals surface area contributed by atoms with E-state index >= 15 is 0 Å². The first kappa shape index (κ1) is 13.9. The SMILES string of the molecule is CC(Oc1ccccc1Cl)C(=O)c1ccc(Cl)cc1. The van der Waals surface area contributed by atoms with Gasteiger partial charge in [-0.15, -0.1) is 0 Å². The molecular formula is C15H12Cl2O2. The van der Waals surface area contributed by atoms with Crippen LogP contribution in [0.15, 0.2) is 48.5 Å². The largest absolute Gasteiger partial charge is 0.481 e. The molecule has 0 aromatic heterocycles. The molecule has 0 saturated heterocycles. The monoisotopic (exact) mass is 294 g/mol. The minimum atomic E-state index is -0.610. The van der Waals surface area contributed by atoms with Crippen LogP contribution in [-0.4, -0.2) is 11.9 Å². The topological polar surface area (TPSA) is 26.3 Å². The Morgan fingerprint density at radius 1 is 1.05 bits per heavy atom. The number of ether oxygens (including phenoxy) is 1. The van der Waals surface area contributed by atoms with Crippen molar-refractivity contribution >= 4 is 29.0 Å². The Balaban J connectivity index is 2.12. The molecule has 98 valence electrons. The molecule has 2 aromatic carbocycles. The molecular weight excluding hydrogens is 283 g/mol. The average molecular weight is 295 g/mol. The Hall–Kier alpha value is -1.51. The van der Waals surface area contributed by atoms with Gasteiger partial charge in [0.25, 0.3) is 0 Å². The lowest BCUT2D eigenvalue weighted by atomic mass is 10.1. The number of ketones is 1. The third-order valence-electron chi connectivity index (χ3n) is 2.64. The molecule has 0 spiro atoms. The van der Waals surface area contributed by atoms with Gasteiger partial charge in [-0.3, -0.25) is 4.79 Å². The van der Waals surface area contributed by atoms with Crippen LogP contribution in [0.25, 0.3) is 0 Å². The highest BCUT2D eigenvalue weighted by Gasteiger charge is 2.17. The summed E-state index contributed by atoms with van der Waals surface area (Å²) in [5.41, 5.74) is 0.559. The lowest BCUT2D eigenvalue weighted by Crippen LogP contribution is -2.23. The van der Waals surface area contributed by atoms with Crippen LogP contribution in [-0.2, 0) is 0 Å². The molecule has 1 unspecified atom stereocenters. The fourth-order valence-electron chi connectivity index (χ4n) is 1.63. The lowest BCUT2D eigenvalue weighted by Gasteiger charge is -2.14. The van der Waals surface area contributed by atoms with Crippen molar-refractivity contribution < 1.29 is 9.53 Å². The van der Waals surface area contributed by atoms with Gasteiger partial charge in [0.2, 0.25) is 5.78 Å². The van der Waals surface area contributed by atoms with Crippen molar-refractivity contribution in [3.63, 3.8) is 0 Å². The van der Waals surface area contributed by atoms with Crippen LogP contribution in [0.3, 0.4) is 0 Å². The van der Waals surface area contributed by atoms with Crippen molar-refractivity contribution in [2.45, 2.75) is 13.0 Å². The summed E-state index contributed by atoms with van der Waals surface area (Å²) < 4.78 is 5.58. The van der Waals surface area contributed by atoms with Gasteiger partial charge in [0.05, 0.1) is 5.02 Å². The van der Waals surface area contributed by atoms with E-state index in [0.717, 1.165) is 0 Å². The van der Waals surface area contributed by atoms with E-state index in [0.29, 0.717) is 21.4 Å². The van der Waals surface area contributed by atoms with Crippen molar-refractivity contribution in [1.82, 2.24) is 0 Å². The van der Waals surface area contributed by atoms with E-state index < -0.39 is 6.10 Å². The maximum Gasteiger partial charge on any atom is 0.202 e. The van der Waals surface area contributed by atoms with Gasteiger partial charge < -0.3 is 4.74 Å². The average Bonchev–Trinajstić information content (AvgIpc) is 2.41. The molecule has 0 bridgehead atoms. The summed E-state index contributed by atoms with van der Waals surface area (Å²) in [5.74, 6) is 0.385. The number of para-hydroxylation sites is 1. The van der Waals surface area contributed by atoms with E-state index in [-0.39, 0.29) is 5.78 Å². The fourth-order valence-corrected chi connectivity index (χ4v) is 1.94. The summed E-state index contributed by atoms with van der Waals surface area (Å²) >= 11 is 11.8. The number of hydrogen-bond donors (Lipinski definition) is 0. The van der Waals surface area contributed by atoms with Crippen molar-refractivity contribution in [2.75, 3.05) is 0 Å². The summed E-state index contributed by atoms with van der Waals surface area (Å²) in [6.45, 7) is 1.69. The van der Waals surface area contributed by atoms with Crippen LogP contribution < -0.4 is 4.74 Å². The van der Waals surface area contributed by atoms with Crippen molar-refractivity contribution in [2.24, 2.45) is 0 Å². The van der Waals surface area contributed by atoms with Crippen LogP contribution in [0.5, 0.6) is 5.75 Å². The second-order valence-corrected chi connectivity index (χ2v) is 4.91.